The summed E-state index contributed by atoms with van der Waals surface area (Å²) in [6.45, 7) is 6.21. The fourth-order valence-electron chi connectivity index (χ4n) is 3.64. The van der Waals surface area contributed by atoms with Gasteiger partial charge in [0.2, 0.25) is 11.8 Å². The molecule has 1 atom stereocenters. The van der Waals surface area contributed by atoms with Crippen LogP contribution in [-0.4, -0.2) is 61.5 Å². The van der Waals surface area contributed by atoms with Crippen molar-refractivity contribution in [2.45, 2.75) is 12.8 Å². The molecule has 1 aliphatic rings. The third kappa shape index (κ3) is 5.55. The Balaban J connectivity index is 1.74. The minimum Gasteiger partial charge on any atom is -0.384 e. The number of ether oxygens (including phenoxy) is 1. The molecule has 29 heavy (non-hydrogen) atoms. The van der Waals surface area contributed by atoms with Crippen molar-refractivity contribution in [3.8, 4) is 10.4 Å². The Kier molecular flexibility index (Phi) is 7.61. The largest absolute Gasteiger partial charge is 0.384 e. The van der Waals surface area contributed by atoms with Crippen molar-refractivity contribution in [1.82, 2.24) is 9.80 Å². The first-order valence-corrected chi connectivity index (χ1v) is 10.8. The van der Waals surface area contributed by atoms with Gasteiger partial charge in [0.15, 0.2) is 0 Å². The molecule has 1 fully saturated rings. The highest BCUT2D eigenvalue weighted by Gasteiger charge is 2.31. The fourth-order valence-corrected chi connectivity index (χ4v) is 4.37. The van der Waals surface area contributed by atoms with Crippen LogP contribution in [0.4, 0.5) is 0 Å². The molecule has 2 amide bonds. The summed E-state index contributed by atoms with van der Waals surface area (Å²) in [5.74, 6) is -0.121. The van der Waals surface area contributed by atoms with Crippen molar-refractivity contribution in [3.63, 3.8) is 0 Å². The third-order valence-corrected chi connectivity index (χ3v) is 6.12. The average molecular weight is 413 g/mol. The quantitative estimate of drug-likeness (QED) is 0.624. The minimum absolute atomic E-state index is 0.0400. The molecule has 2 aromatic rings. The van der Waals surface area contributed by atoms with Crippen LogP contribution < -0.4 is 0 Å². The number of rotatable bonds is 8. The summed E-state index contributed by atoms with van der Waals surface area (Å²) in [7, 11) is 1.59. The van der Waals surface area contributed by atoms with Crippen LogP contribution >= 0.6 is 11.3 Å². The first-order valence-electron chi connectivity index (χ1n) is 9.91. The van der Waals surface area contributed by atoms with Crippen LogP contribution in [-0.2, 0) is 20.7 Å². The van der Waals surface area contributed by atoms with Gasteiger partial charge in [0.05, 0.1) is 18.9 Å². The molecule has 1 aromatic heterocycles. The molecule has 0 radical (unpaired) electrons. The maximum atomic E-state index is 13.1. The van der Waals surface area contributed by atoms with Crippen LogP contribution in [0, 0.1) is 5.92 Å². The van der Waals surface area contributed by atoms with E-state index in [1.165, 1.54) is 10.4 Å². The van der Waals surface area contributed by atoms with Crippen molar-refractivity contribution in [1.29, 1.82) is 0 Å². The Bertz CT molecular complexity index is 817. The first-order chi connectivity index (χ1) is 14.1. The number of amides is 2. The zero-order chi connectivity index (χ0) is 20.6. The molecular weight excluding hydrogens is 384 g/mol. The second-order valence-corrected chi connectivity index (χ2v) is 8.18. The average Bonchev–Trinajstić information content (AvgIpc) is 3.23. The summed E-state index contributed by atoms with van der Waals surface area (Å²) in [6.07, 6.45) is 2.70. The van der Waals surface area contributed by atoms with Gasteiger partial charge in [0, 0.05) is 38.2 Å². The lowest BCUT2D eigenvalue weighted by molar-refractivity contribution is -0.134. The smallest absolute Gasteiger partial charge is 0.228 e. The van der Waals surface area contributed by atoms with E-state index in [0.29, 0.717) is 45.6 Å². The van der Waals surface area contributed by atoms with Crippen molar-refractivity contribution >= 4 is 23.2 Å². The Morgan fingerprint density at radius 1 is 1.28 bits per heavy atom. The number of thiophene rings is 1. The predicted molar refractivity (Wildman–Crippen MR) is 117 cm³/mol. The lowest BCUT2D eigenvalue weighted by atomic mass is 9.96. The van der Waals surface area contributed by atoms with Crippen molar-refractivity contribution in [2.24, 2.45) is 5.92 Å². The van der Waals surface area contributed by atoms with E-state index < -0.39 is 0 Å². The normalized spacial score (nSPS) is 17.3. The molecule has 3 rings (SSSR count). The molecule has 1 aromatic carbocycles. The van der Waals surface area contributed by atoms with Gasteiger partial charge in [0.25, 0.3) is 0 Å². The van der Waals surface area contributed by atoms with Crippen LogP contribution in [0.25, 0.3) is 10.4 Å². The monoisotopic (exact) mass is 412 g/mol. The number of hydrogen-bond acceptors (Lipinski definition) is 4. The van der Waals surface area contributed by atoms with E-state index in [4.69, 9.17) is 4.74 Å². The predicted octanol–water partition coefficient (Wildman–Crippen LogP) is 3.47. The molecule has 5 nitrogen and oxygen atoms in total. The van der Waals surface area contributed by atoms with Crippen LogP contribution in [0.2, 0.25) is 0 Å². The lowest BCUT2D eigenvalue weighted by Crippen LogP contribution is -2.38. The molecule has 0 aliphatic carbocycles. The van der Waals surface area contributed by atoms with E-state index >= 15 is 0 Å². The van der Waals surface area contributed by atoms with E-state index in [1.54, 1.807) is 29.4 Å². The molecule has 0 spiro atoms. The molecule has 154 valence electrons. The second-order valence-electron chi connectivity index (χ2n) is 7.23. The standard InChI is InChI=1S/C23H28N2O3S/c1-3-11-24-12-13-25(22(26)10-14-28-2)17-20(23(24)27)16-18-6-8-19(9-7-18)21-5-4-15-29-21/h3-9,15,20H,1,10-14,16-17H2,2H3/t20-/m0/s1. The summed E-state index contributed by atoms with van der Waals surface area (Å²) in [5.41, 5.74) is 2.29. The van der Waals surface area contributed by atoms with E-state index in [2.05, 4.69) is 42.3 Å². The topological polar surface area (TPSA) is 49.9 Å². The van der Waals surface area contributed by atoms with Gasteiger partial charge in [-0.05, 0) is 29.0 Å². The van der Waals surface area contributed by atoms with Gasteiger partial charge >= 0.3 is 0 Å². The zero-order valence-electron chi connectivity index (χ0n) is 16.9. The number of carbonyl (C=O) groups is 2. The molecule has 1 saturated heterocycles. The van der Waals surface area contributed by atoms with Gasteiger partial charge in [-0.1, -0.05) is 36.4 Å². The summed E-state index contributed by atoms with van der Waals surface area (Å²) in [6, 6.07) is 12.5. The van der Waals surface area contributed by atoms with E-state index in [0.717, 1.165) is 5.56 Å². The highest BCUT2D eigenvalue weighted by Crippen LogP contribution is 2.26. The van der Waals surface area contributed by atoms with Crippen LogP contribution in [0.1, 0.15) is 12.0 Å². The summed E-state index contributed by atoms with van der Waals surface area (Å²) >= 11 is 1.71. The van der Waals surface area contributed by atoms with Crippen LogP contribution in [0.15, 0.2) is 54.4 Å². The second kappa shape index (κ2) is 10.4. The highest BCUT2D eigenvalue weighted by atomic mass is 32.1. The molecule has 0 saturated carbocycles. The van der Waals surface area contributed by atoms with Crippen LogP contribution in [0.5, 0.6) is 0 Å². The van der Waals surface area contributed by atoms with Gasteiger partial charge in [-0.2, -0.15) is 0 Å². The minimum atomic E-state index is -0.253. The van der Waals surface area contributed by atoms with Gasteiger partial charge in [0.1, 0.15) is 0 Å². The van der Waals surface area contributed by atoms with Crippen molar-refractivity contribution in [3.05, 3.63) is 60.0 Å². The molecule has 1 aliphatic heterocycles. The fraction of sp³-hybridized carbons (Fsp3) is 0.391. The molecule has 0 N–H and O–H groups in total. The van der Waals surface area contributed by atoms with Gasteiger partial charge in [-0.15, -0.1) is 17.9 Å². The Hall–Kier alpha value is -2.44. The maximum absolute atomic E-state index is 13.1. The number of hydrogen-bond donors (Lipinski definition) is 0. The lowest BCUT2D eigenvalue weighted by Gasteiger charge is -2.23. The van der Waals surface area contributed by atoms with E-state index in [-0.39, 0.29) is 17.7 Å². The van der Waals surface area contributed by atoms with E-state index in [1.807, 2.05) is 11.0 Å². The number of methoxy groups -OCH3 is 1. The highest BCUT2D eigenvalue weighted by molar-refractivity contribution is 7.13. The molecule has 2 heterocycles. The van der Waals surface area contributed by atoms with E-state index in [9.17, 15) is 9.59 Å². The van der Waals surface area contributed by atoms with Crippen LogP contribution in [0.3, 0.4) is 0 Å². The molecule has 6 heteroatoms. The summed E-state index contributed by atoms with van der Waals surface area (Å²) in [5, 5.41) is 2.07. The third-order valence-electron chi connectivity index (χ3n) is 5.21. The van der Waals surface area contributed by atoms with Crippen molar-refractivity contribution < 1.29 is 14.3 Å². The molecule has 0 bridgehead atoms. The maximum Gasteiger partial charge on any atom is 0.228 e. The Morgan fingerprint density at radius 2 is 2.07 bits per heavy atom. The van der Waals surface area contributed by atoms with Gasteiger partial charge < -0.3 is 14.5 Å². The SMILES string of the molecule is C=CCN1CCN(C(=O)CCOC)C[C@H](Cc2ccc(-c3cccs3)cc2)C1=O. The number of nitrogens with zero attached hydrogens (tertiary/aromatic N) is 2. The Morgan fingerprint density at radius 3 is 2.72 bits per heavy atom. The van der Waals surface area contributed by atoms with Gasteiger partial charge in [-0.25, -0.2) is 0 Å². The molecular formula is C23H28N2O3S. The first kappa shape index (κ1) is 21.3. The van der Waals surface area contributed by atoms with Crippen molar-refractivity contribution in [2.75, 3.05) is 39.9 Å². The number of carbonyl (C=O) groups excluding carboxylic acids is 2. The zero-order valence-corrected chi connectivity index (χ0v) is 17.7. The summed E-state index contributed by atoms with van der Waals surface area (Å²) in [4.78, 5) is 30.5. The molecule has 0 unspecified atom stereocenters. The van der Waals surface area contributed by atoms with Gasteiger partial charge in [-0.3, -0.25) is 9.59 Å². The summed E-state index contributed by atoms with van der Waals surface area (Å²) < 4.78 is 5.04. The number of benzene rings is 1. The Labute approximate surface area is 176 Å².